The molecule has 0 amide bonds. The third kappa shape index (κ3) is 3.36. The standard InChI is InChI=1S/C14H17N3/c1-11(2)16-10-14-15-9-8-13(17-14)12-6-4-3-5-7-12/h3-9,11,16H,10H2,1-2H3. The molecule has 17 heavy (non-hydrogen) atoms. The SMILES string of the molecule is CC(C)NCc1nccc(-c2ccccc2)n1. The molecule has 3 nitrogen and oxygen atoms in total. The van der Waals surface area contributed by atoms with E-state index < -0.39 is 0 Å². The lowest BCUT2D eigenvalue weighted by Crippen LogP contribution is -2.23. The molecule has 0 saturated heterocycles. The molecule has 1 heterocycles. The second-order valence-corrected chi connectivity index (χ2v) is 4.26. The lowest BCUT2D eigenvalue weighted by molar-refractivity contribution is 0.572. The average molecular weight is 227 g/mol. The largest absolute Gasteiger partial charge is 0.308 e. The Hall–Kier alpha value is -1.74. The van der Waals surface area contributed by atoms with Gasteiger partial charge in [0.05, 0.1) is 12.2 Å². The van der Waals surface area contributed by atoms with Gasteiger partial charge in [0.2, 0.25) is 0 Å². The van der Waals surface area contributed by atoms with E-state index in [-0.39, 0.29) is 0 Å². The lowest BCUT2D eigenvalue weighted by atomic mass is 10.1. The molecule has 2 rings (SSSR count). The van der Waals surface area contributed by atoms with E-state index in [1.165, 1.54) is 0 Å². The number of hydrogen-bond acceptors (Lipinski definition) is 3. The predicted octanol–water partition coefficient (Wildman–Crippen LogP) is 2.64. The Balaban J connectivity index is 2.17. The predicted molar refractivity (Wildman–Crippen MR) is 69.4 cm³/mol. The van der Waals surface area contributed by atoms with Gasteiger partial charge in [0, 0.05) is 17.8 Å². The lowest BCUT2D eigenvalue weighted by Gasteiger charge is -2.07. The Bertz CT molecular complexity index is 466. The molecule has 0 spiro atoms. The van der Waals surface area contributed by atoms with Gasteiger partial charge in [-0.05, 0) is 6.07 Å². The highest BCUT2D eigenvalue weighted by Crippen LogP contribution is 2.15. The van der Waals surface area contributed by atoms with Gasteiger partial charge in [0.15, 0.2) is 0 Å². The topological polar surface area (TPSA) is 37.8 Å². The summed E-state index contributed by atoms with van der Waals surface area (Å²) in [6.07, 6.45) is 1.81. The third-order valence-corrected chi connectivity index (χ3v) is 2.44. The Morgan fingerprint density at radius 1 is 1.12 bits per heavy atom. The minimum absolute atomic E-state index is 0.444. The van der Waals surface area contributed by atoms with Crippen LogP contribution in [0.3, 0.4) is 0 Å². The quantitative estimate of drug-likeness (QED) is 0.872. The number of rotatable bonds is 4. The number of aromatic nitrogens is 2. The zero-order chi connectivity index (χ0) is 12.1. The van der Waals surface area contributed by atoms with Gasteiger partial charge in [-0.3, -0.25) is 0 Å². The summed E-state index contributed by atoms with van der Waals surface area (Å²) < 4.78 is 0. The third-order valence-electron chi connectivity index (χ3n) is 2.44. The zero-order valence-corrected chi connectivity index (χ0v) is 10.2. The molecular weight excluding hydrogens is 210 g/mol. The number of nitrogens with zero attached hydrogens (tertiary/aromatic N) is 2. The van der Waals surface area contributed by atoms with Crippen molar-refractivity contribution in [3.63, 3.8) is 0 Å². The maximum Gasteiger partial charge on any atom is 0.142 e. The summed E-state index contributed by atoms with van der Waals surface area (Å²) in [5, 5.41) is 3.32. The first-order valence-corrected chi connectivity index (χ1v) is 5.86. The summed E-state index contributed by atoms with van der Waals surface area (Å²) in [6, 6.07) is 12.5. The Morgan fingerprint density at radius 3 is 2.59 bits per heavy atom. The number of benzene rings is 1. The maximum atomic E-state index is 4.54. The minimum atomic E-state index is 0.444. The van der Waals surface area contributed by atoms with Gasteiger partial charge in [0.25, 0.3) is 0 Å². The molecule has 0 atom stereocenters. The fraction of sp³-hybridized carbons (Fsp3) is 0.286. The van der Waals surface area contributed by atoms with Crippen molar-refractivity contribution < 1.29 is 0 Å². The van der Waals surface area contributed by atoms with Crippen LogP contribution in [-0.2, 0) is 6.54 Å². The van der Waals surface area contributed by atoms with Crippen molar-refractivity contribution in [2.24, 2.45) is 0 Å². The maximum absolute atomic E-state index is 4.54. The van der Waals surface area contributed by atoms with E-state index in [0.29, 0.717) is 12.6 Å². The first kappa shape index (κ1) is 11.7. The van der Waals surface area contributed by atoms with E-state index in [9.17, 15) is 0 Å². The van der Waals surface area contributed by atoms with Crippen molar-refractivity contribution in [2.45, 2.75) is 26.4 Å². The van der Waals surface area contributed by atoms with Crippen LogP contribution in [0.25, 0.3) is 11.3 Å². The molecule has 1 aromatic heterocycles. The van der Waals surface area contributed by atoms with E-state index in [2.05, 4.69) is 41.3 Å². The van der Waals surface area contributed by atoms with Crippen molar-refractivity contribution >= 4 is 0 Å². The molecule has 0 radical (unpaired) electrons. The van der Waals surface area contributed by atoms with Gasteiger partial charge >= 0.3 is 0 Å². The van der Waals surface area contributed by atoms with E-state index in [0.717, 1.165) is 17.1 Å². The zero-order valence-electron chi connectivity index (χ0n) is 10.2. The van der Waals surface area contributed by atoms with Crippen molar-refractivity contribution in [2.75, 3.05) is 0 Å². The Kier molecular flexibility index (Phi) is 3.83. The van der Waals surface area contributed by atoms with Gasteiger partial charge in [-0.15, -0.1) is 0 Å². The van der Waals surface area contributed by atoms with Crippen molar-refractivity contribution in [1.82, 2.24) is 15.3 Å². The molecule has 0 aliphatic rings. The van der Waals surface area contributed by atoms with Crippen LogP contribution in [0.5, 0.6) is 0 Å². The highest BCUT2D eigenvalue weighted by molar-refractivity contribution is 5.58. The molecular formula is C14H17N3. The van der Waals surface area contributed by atoms with Crippen molar-refractivity contribution in [1.29, 1.82) is 0 Å². The molecule has 88 valence electrons. The molecule has 1 aromatic carbocycles. The fourth-order valence-electron chi connectivity index (χ4n) is 1.55. The van der Waals surface area contributed by atoms with Gasteiger partial charge in [-0.2, -0.15) is 0 Å². The van der Waals surface area contributed by atoms with E-state index in [4.69, 9.17) is 0 Å². The molecule has 0 aliphatic carbocycles. The van der Waals surface area contributed by atoms with E-state index in [1.54, 1.807) is 0 Å². The summed E-state index contributed by atoms with van der Waals surface area (Å²) in [4.78, 5) is 8.80. The molecule has 2 aromatic rings. The number of hydrogen-bond donors (Lipinski definition) is 1. The van der Waals surface area contributed by atoms with Crippen LogP contribution < -0.4 is 5.32 Å². The van der Waals surface area contributed by atoms with Gasteiger partial charge in [0.1, 0.15) is 5.82 Å². The normalized spacial score (nSPS) is 10.8. The van der Waals surface area contributed by atoms with Crippen LogP contribution in [0.15, 0.2) is 42.6 Å². The molecule has 0 saturated carbocycles. The summed E-state index contributed by atoms with van der Waals surface area (Å²) in [6.45, 7) is 4.93. The first-order chi connectivity index (χ1) is 8.25. The Labute approximate surface area is 102 Å². The Morgan fingerprint density at radius 2 is 1.88 bits per heavy atom. The second kappa shape index (κ2) is 5.55. The molecule has 3 heteroatoms. The summed E-state index contributed by atoms with van der Waals surface area (Å²) in [7, 11) is 0. The van der Waals surface area contributed by atoms with E-state index in [1.807, 2.05) is 30.5 Å². The second-order valence-electron chi connectivity index (χ2n) is 4.26. The first-order valence-electron chi connectivity index (χ1n) is 5.86. The fourth-order valence-corrected chi connectivity index (χ4v) is 1.55. The summed E-state index contributed by atoms with van der Waals surface area (Å²) >= 11 is 0. The monoisotopic (exact) mass is 227 g/mol. The molecule has 0 fully saturated rings. The van der Waals surface area contributed by atoms with Crippen molar-refractivity contribution in [3.05, 3.63) is 48.4 Å². The average Bonchev–Trinajstić information content (AvgIpc) is 2.38. The molecule has 0 aliphatic heterocycles. The van der Waals surface area contributed by atoms with Crippen LogP contribution in [0.1, 0.15) is 19.7 Å². The molecule has 0 unspecified atom stereocenters. The van der Waals surface area contributed by atoms with Crippen LogP contribution >= 0.6 is 0 Å². The molecule has 1 N–H and O–H groups in total. The highest BCUT2D eigenvalue weighted by atomic mass is 15.0. The van der Waals surface area contributed by atoms with Crippen molar-refractivity contribution in [3.8, 4) is 11.3 Å². The van der Waals surface area contributed by atoms with Crippen LogP contribution in [0.4, 0.5) is 0 Å². The van der Waals surface area contributed by atoms with Crippen LogP contribution in [-0.4, -0.2) is 16.0 Å². The van der Waals surface area contributed by atoms with Gasteiger partial charge < -0.3 is 5.32 Å². The van der Waals surface area contributed by atoms with E-state index >= 15 is 0 Å². The van der Waals surface area contributed by atoms with Crippen LogP contribution in [0.2, 0.25) is 0 Å². The molecule has 0 bridgehead atoms. The smallest absolute Gasteiger partial charge is 0.142 e. The number of nitrogens with one attached hydrogen (secondary N) is 1. The highest BCUT2D eigenvalue weighted by Gasteiger charge is 2.02. The van der Waals surface area contributed by atoms with Crippen LogP contribution in [0, 0.1) is 0 Å². The minimum Gasteiger partial charge on any atom is -0.308 e. The van der Waals surface area contributed by atoms with Gasteiger partial charge in [-0.1, -0.05) is 44.2 Å². The van der Waals surface area contributed by atoms with Gasteiger partial charge in [-0.25, -0.2) is 9.97 Å². The summed E-state index contributed by atoms with van der Waals surface area (Å²) in [5.74, 6) is 0.833. The summed E-state index contributed by atoms with van der Waals surface area (Å²) in [5.41, 5.74) is 2.10.